The Balaban J connectivity index is 2.63. The molecular formula is C13H20N2O3. The second kappa shape index (κ2) is 6.86. The van der Waals surface area contributed by atoms with Gasteiger partial charge in [0.15, 0.2) is 0 Å². The Morgan fingerprint density at radius 1 is 1.44 bits per heavy atom. The maximum atomic E-state index is 11.4. The highest BCUT2D eigenvalue weighted by Gasteiger charge is 2.05. The first-order valence-corrected chi connectivity index (χ1v) is 5.96. The SMILES string of the molecule is Cc1cc(NC(=O)NCCO)ccc1OC(C)C. The fourth-order valence-electron chi connectivity index (χ4n) is 1.46. The van der Waals surface area contributed by atoms with Gasteiger partial charge in [-0.05, 0) is 44.5 Å². The molecule has 0 aliphatic heterocycles. The molecule has 0 saturated carbocycles. The maximum absolute atomic E-state index is 11.4. The van der Waals surface area contributed by atoms with Gasteiger partial charge in [-0.25, -0.2) is 4.79 Å². The molecule has 0 aliphatic carbocycles. The van der Waals surface area contributed by atoms with Gasteiger partial charge in [-0.3, -0.25) is 0 Å². The van der Waals surface area contributed by atoms with Crippen LogP contribution in [-0.2, 0) is 0 Å². The third-order valence-electron chi connectivity index (χ3n) is 2.19. The number of aliphatic hydroxyl groups excluding tert-OH is 1. The third kappa shape index (κ3) is 4.63. The summed E-state index contributed by atoms with van der Waals surface area (Å²) in [5.41, 5.74) is 1.66. The molecule has 0 fully saturated rings. The Bertz CT molecular complexity index is 405. The van der Waals surface area contributed by atoms with E-state index < -0.39 is 0 Å². The van der Waals surface area contributed by atoms with Crippen molar-refractivity contribution in [3.63, 3.8) is 0 Å². The van der Waals surface area contributed by atoms with Crippen LogP contribution in [0.15, 0.2) is 18.2 Å². The molecule has 0 heterocycles. The molecule has 18 heavy (non-hydrogen) atoms. The van der Waals surface area contributed by atoms with Gasteiger partial charge in [-0.1, -0.05) is 0 Å². The van der Waals surface area contributed by atoms with Crippen LogP contribution in [-0.4, -0.2) is 30.4 Å². The maximum Gasteiger partial charge on any atom is 0.319 e. The second-order valence-corrected chi connectivity index (χ2v) is 4.25. The fraction of sp³-hybridized carbons (Fsp3) is 0.462. The lowest BCUT2D eigenvalue weighted by molar-refractivity contribution is 0.240. The summed E-state index contributed by atoms with van der Waals surface area (Å²) in [7, 11) is 0. The molecule has 3 N–H and O–H groups in total. The summed E-state index contributed by atoms with van der Waals surface area (Å²) in [5.74, 6) is 0.811. The molecule has 0 bridgehead atoms. The minimum atomic E-state index is -0.332. The Morgan fingerprint density at radius 2 is 2.17 bits per heavy atom. The summed E-state index contributed by atoms with van der Waals surface area (Å²) in [6, 6.07) is 5.12. The highest BCUT2D eigenvalue weighted by atomic mass is 16.5. The van der Waals surface area contributed by atoms with Crippen molar-refractivity contribution in [1.82, 2.24) is 5.32 Å². The molecule has 0 spiro atoms. The Labute approximate surface area is 107 Å². The van der Waals surface area contributed by atoms with E-state index in [-0.39, 0.29) is 25.3 Å². The molecule has 2 amide bonds. The van der Waals surface area contributed by atoms with Crippen LogP contribution in [0.3, 0.4) is 0 Å². The average molecular weight is 252 g/mol. The molecule has 0 radical (unpaired) electrons. The summed E-state index contributed by atoms with van der Waals surface area (Å²) < 4.78 is 5.61. The van der Waals surface area contributed by atoms with E-state index in [0.29, 0.717) is 5.69 Å². The van der Waals surface area contributed by atoms with Crippen molar-refractivity contribution in [3.8, 4) is 5.75 Å². The highest BCUT2D eigenvalue weighted by Crippen LogP contribution is 2.22. The van der Waals surface area contributed by atoms with Gasteiger partial charge in [0, 0.05) is 12.2 Å². The molecule has 5 nitrogen and oxygen atoms in total. The number of hydrogen-bond donors (Lipinski definition) is 3. The number of carbonyl (C=O) groups excluding carboxylic acids is 1. The first kappa shape index (κ1) is 14.3. The molecule has 1 aromatic rings. The monoisotopic (exact) mass is 252 g/mol. The van der Waals surface area contributed by atoms with Gasteiger partial charge in [0.25, 0.3) is 0 Å². The van der Waals surface area contributed by atoms with Crippen LogP contribution < -0.4 is 15.4 Å². The number of benzene rings is 1. The average Bonchev–Trinajstić information content (AvgIpc) is 2.29. The van der Waals surface area contributed by atoms with Crippen molar-refractivity contribution in [1.29, 1.82) is 0 Å². The number of ether oxygens (including phenoxy) is 1. The van der Waals surface area contributed by atoms with Crippen molar-refractivity contribution >= 4 is 11.7 Å². The zero-order chi connectivity index (χ0) is 13.5. The first-order valence-electron chi connectivity index (χ1n) is 5.96. The molecule has 1 rings (SSSR count). The van der Waals surface area contributed by atoms with Gasteiger partial charge in [0.1, 0.15) is 5.75 Å². The Morgan fingerprint density at radius 3 is 2.72 bits per heavy atom. The minimum Gasteiger partial charge on any atom is -0.491 e. The lowest BCUT2D eigenvalue weighted by Crippen LogP contribution is -2.30. The molecule has 1 aromatic carbocycles. The normalized spacial score (nSPS) is 10.3. The van der Waals surface area contributed by atoms with E-state index in [1.807, 2.05) is 32.9 Å². The van der Waals surface area contributed by atoms with Crippen molar-refractivity contribution in [2.45, 2.75) is 26.9 Å². The number of aliphatic hydroxyl groups is 1. The number of anilines is 1. The van der Waals surface area contributed by atoms with E-state index in [0.717, 1.165) is 11.3 Å². The number of amides is 2. The van der Waals surface area contributed by atoms with Crippen LogP contribution in [0.2, 0.25) is 0 Å². The fourth-order valence-corrected chi connectivity index (χ4v) is 1.46. The molecule has 0 aromatic heterocycles. The van der Waals surface area contributed by atoms with Crippen LogP contribution in [0.25, 0.3) is 0 Å². The van der Waals surface area contributed by atoms with Crippen LogP contribution in [0.5, 0.6) is 5.75 Å². The van der Waals surface area contributed by atoms with Crippen molar-refractivity contribution < 1.29 is 14.6 Å². The lowest BCUT2D eigenvalue weighted by atomic mass is 10.2. The third-order valence-corrected chi connectivity index (χ3v) is 2.19. The largest absolute Gasteiger partial charge is 0.491 e. The van der Waals surface area contributed by atoms with Gasteiger partial charge in [0.2, 0.25) is 0 Å². The van der Waals surface area contributed by atoms with Gasteiger partial charge < -0.3 is 20.5 Å². The molecule has 0 saturated heterocycles. The first-order chi connectivity index (χ1) is 8.52. The predicted octanol–water partition coefficient (Wildman–Crippen LogP) is 1.90. The topological polar surface area (TPSA) is 70.6 Å². The van der Waals surface area contributed by atoms with Crippen LogP contribution in [0.4, 0.5) is 10.5 Å². The second-order valence-electron chi connectivity index (χ2n) is 4.25. The number of hydrogen-bond acceptors (Lipinski definition) is 3. The number of carbonyl (C=O) groups is 1. The number of rotatable bonds is 5. The highest BCUT2D eigenvalue weighted by molar-refractivity contribution is 5.89. The van der Waals surface area contributed by atoms with E-state index in [1.165, 1.54) is 0 Å². The smallest absolute Gasteiger partial charge is 0.319 e. The molecule has 100 valence electrons. The van der Waals surface area contributed by atoms with Crippen molar-refractivity contribution in [2.75, 3.05) is 18.5 Å². The molecular weight excluding hydrogens is 232 g/mol. The molecule has 0 unspecified atom stereocenters. The van der Waals surface area contributed by atoms with E-state index in [4.69, 9.17) is 9.84 Å². The van der Waals surface area contributed by atoms with Gasteiger partial charge >= 0.3 is 6.03 Å². The number of urea groups is 1. The zero-order valence-corrected chi connectivity index (χ0v) is 11.0. The van der Waals surface area contributed by atoms with Crippen LogP contribution >= 0.6 is 0 Å². The van der Waals surface area contributed by atoms with Crippen LogP contribution in [0, 0.1) is 6.92 Å². The number of aryl methyl sites for hydroxylation is 1. The van der Waals surface area contributed by atoms with E-state index in [1.54, 1.807) is 6.07 Å². The predicted molar refractivity (Wildman–Crippen MR) is 71.1 cm³/mol. The van der Waals surface area contributed by atoms with Gasteiger partial charge in [-0.2, -0.15) is 0 Å². The molecule has 0 atom stereocenters. The van der Waals surface area contributed by atoms with E-state index in [2.05, 4.69) is 10.6 Å². The lowest BCUT2D eigenvalue weighted by Gasteiger charge is -2.14. The molecule has 5 heteroatoms. The standard InChI is InChI=1S/C13H20N2O3/c1-9(2)18-12-5-4-11(8-10(12)3)15-13(17)14-6-7-16/h4-5,8-9,16H,6-7H2,1-3H3,(H2,14,15,17). The quantitative estimate of drug-likeness (QED) is 0.749. The summed E-state index contributed by atoms with van der Waals surface area (Å²) in [5, 5.41) is 13.8. The van der Waals surface area contributed by atoms with Crippen molar-refractivity contribution in [2.24, 2.45) is 0 Å². The minimum absolute atomic E-state index is 0.0758. The zero-order valence-electron chi connectivity index (χ0n) is 11.0. The Kier molecular flexibility index (Phi) is 5.45. The van der Waals surface area contributed by atoms with Gasteiger partial charge in [0.05, 0.1) is 12.7 Å². The summed E-state index contributed by atoms with van der Waals surface area (Å²) in [6.07, 6.45) is 0.121. The number of nitrogens with one attached hydrogen (secondary N) is 2. The summed E-state index contributed by atoms with van der Waals surface area (Å²) in [6.45, 7) is 6.02. The summed E-state index contributed by atoms with van der Waals surface area (Å²) in [4.78, 5) is 11.4. The molecule has 0 aliphatic rings. The van der Waals surface area contributed by atoms with E-state index >= 15 is 0 Å². The van der Waals surface area contributed by atoms with Crippen LogP contribution in [0.1, 0.15) is 19.4 Å². The van der Waals surface area contributed by atoms with Crippen molar-refractivity contribution in [3.05, 3.63) is 23.8 Å². The van der Waals surface area contributed by atoms with Gasteiger partial charge in [-0.15, -0.1) is 0 Å². The van der Waals surface area contributed by atoms with E-state index in [9.17, 15) is 4.79 Å². The summed E-state index contributed by atoms with van der Waals surface area (Å²) >= 11 is 0. The Hall–Kier alpha value is -1.75.